The van der Waals surface area contributed by atoms with Crippen molar-refractivity contribution in [3.05, 3.63) is 45.8 Å². The first-order valence-electron chi connectivity index (χ1n) is 7.90. The van der Waals surface area contributed by atoms with E-state index in [-0.39, 0.29) is 5.56 Å². The van der Waals surface area contributed by atoms with Crippen molar-refractivity contribution in [1.29, 1.82) is 0 Å². The van der Waals surface area contributed by atoms with Crippen molar-refractivity contribution in [1.82, 2.24) is 19.7 Å². The SMILES string of the molecule is Cc1cncc(N2CC(Cn3nc4c(cc3=O)CSCC4)C2)n1. The van der Waals surface area contributed by atoms with Gasteiger partial charge in [0.1, 0.15) is 5.82 Å². The number of nitrogens with zero attached hydrogens (tertiary/aromatic N) is 5. The average Bonchev–Trinajstić information content (AvgIpc) is 2.50. The van der Waals surface area contributed by atoms with Crippen molar-refractivity contribution in [3.63, 3.8) is 0 Å². The molecule has 0 aliphatic carbocycles. The Hall–Kier alpha value is -1.89. The number of thioether (sulfide) groups is 1. The van der Waals surface area contributed by atoms with Gasteiger partial charge in [-0.05, 0) is 18.2 Å². The number of fused-ring (bicyclic) bond motifs is 1. The van der Waals surface area contributed by atoms with Gasteiger partial charge in [-0.15, -0.1) is 0 Å². The van der Waals surface area contributed by atoms with Crippen LogP contribution in [-0.4, -0.2) is 38.6 Å². The first kappa shape index (κ1) is 14.7. The lowest BCUT2D eigenvalue weighted by Gasteiger charge is -2.40. The largest absolute Gasteiger partial charge is 0.355 e. The summed E-state index contributed by atoms with van der Waals surface area (Å²) >= 11 is 1.87. The van der Waals surface area contributed by atoms with Gasteiger partial charge in [0.25, 0.3) is 5.56 Å². The first-order chi connectivity index (χ1) is 11.2. The summed E-state index contributed by atoms with van der Waals surface area (Å²) in [5.74, 6) is 3.38. The lowest BCUT2D eigenvalue weighted by atomic mass is 10.0. The van der Waals surface area contributed by atoms with Gasteiger partial charge in [-0.3, -0.25) is 9.78 Å². The molecule has 0 bridgehead atoms. The molecule has 0 amide bonds. The normalized spacial score (nSPS) is 17.7. The highest BCUT2D eigenvalue weighted by Gasteiger charge is 2.29. The highest BCUT2D eigenvalue weighted by atomic mass is 32.2. The van der Waals surface area contributed by atoms with Gasteiger partial charge in [-0.2, -0.15) is 16.9 Å². The van der Waals surface area contributed by atoms with Gasteiger partial charge in [0.2, 0.25) is 0 Å². The van der Waals surface area contributed by atoms with Crippen molar-refractivity contribution in [2.24, 2.45) is 5.92 Å². The molecular formula is C16H19N5OS. The van der Waals surface area contributed by atoms with E-state index in [1.165, 1.54) is 0 Å². The van der Waals surface area contributed by atoms with Crippen molar-refractivity contribution >= 4 is 17.6 Å². The van der Waals surface area contributed by atoms with Gasteiger partial charge in [-0.1, -0.05) is 0 Å². The molecule has 2 aromatic rings. The second-order valence-corrected chi connectivity index (χ2v) is 7.33. The summed E-state index contributed by atoms with van der Waals surface area (Å²) < 4.78 is 1.65. The van der Waals surface area contributed by atoms with Crippen LogP contribution in [0.5, 0.6) is 0 Å². The number of aryl methyl sites for hydroxylation is 2. The summed E-state index contributed by atoms with van der Waals surface area (Å²) in [7, 11) is 0. The van der Waals surface area contributed by atoms with Crippen LogP contribution in [0.2, 0.25) is 0 Å². The number of hydrogen-bond donors (Lipinski definition) is 0. The molecule has 2 aliphatic rings. The van der Waals surface area contributed by atoms with Crippen molar-refractivity contribution in [3.8, 4) is 0 Å². The minimum Gasteiger partial charge on any atom is -0.355 e. The minimum absolute atomic E-state index is 0.0278. The molecule has 0 unspecified atom stereocenters. The zero-order valence-electron chi connectivity index (χ0n) is 13.1. The number of anilines is 1. The zero-order valence-corrected chi connectivity index (χ0v) is 13.9. The third-order valence-electron chi connectivity index (χ3n) is 4.36. The molecule has 4 rings (SSSR count). The van der Waals surface area contributed by atoms with E-state index in [1.54, 1.807) is 23.1 Å². The summed E-state index contributed by atoms with van der Waals surface area (Å²) in [6.45, 7) is 4.44. The molecule has 0 aromatic carbocycles. The highest BCUT2D eigenvalue weighted by Crippen LogP contribution is 2.24. The Morgan fingerprint density at radius 3 is 3.04 bits per heavy atom. The van der Waals surface area contributed by atoms with Crippen LogP contribution in [0.25, 0.3) is 0 Å². The Labute approximate surface area is 138 Å². The lowest BCUT2D eigenvalue weighted by Crippen LogP contribution is -2.50. The Morgan fingerprint density at radius 1 is 1.35 bits per heavy atom. The monoisotopic (exact) mass is 329 g/mol. The number of hydrogen-bond acceptors (Lipinski definition) is 6. The van der Waals surface area contributed by atoms with Gasteiger partial charge in [-0.25, -0.2) is 9.67 Å². The van der Waals surface area contributed by atoms with E-state index in [0.29, 0.717) is 12.5 Å². The van der Waals surface area contributed by atoms with E-state index in [2.05, 4.69) is 20.0 Å². The maximum atomic E-state index is 12.2. The van der Waals surface area contributed by atoms with E-state index in [4.69, 9.17) is 0 Å². The summed E-state index contributed by atoms with van der Waals surface area (Å²) in [5, 5.41) is 4.59. The van der Waals surface area contributed by atoms with Crippen molar-refractivity contribution in [2.75, 3.05) is 23.7 Å². The molecule has 23 heavy (non-hydrogen) atoms. The number of aromatic nitrogens is 4. The molecule has 4 heterocycles. The maximum Gasteiger partial charge on any atom is 0.267 e. The Morgan fingerprint density at radius 2 is 2.22 bits per heavy atom. The molecule has 120 valence electrons. The van der Waals surface area contributed by atoms with Crippen LogP contribution in [0.3, 0.4) is 0 Å². The van der Waals surface area contributed by atoms with E-state index in [1.807, 2.05) is 18.7 Å². The summed E-state index contributed by atoms with van der Waals surface area (Å²) in [4.78, 5) is 23.1. The van der Waals surface area contributed by atoms with E-state index in [9.17, 15) is 4.79 Å². The van der Waals surface area contributed by atoms with Crippen LogP contribution >= 0.6 is 11.8 Å². The highest BCUT2D eigenvalue weighted by molar-refractivity contribution is 7.98. The molecule has 1 saturated heterocycles. The van der Waals surface area contributed by atoms with Crippen molar-refractivity contribution < 1.29 is 0 Å². The number of rotatable bonds is 3. The van der Waals surface area contributed by atoms with Gasteiger partial charge < -0.3 is 4.90 Å². The third-order valence-corrected chi connectivity index (χ3v) is 5.37. The maximum absolute atomic E-state index is 12.2. The van der Waals surface area contributed by atoms with Crippen LogP contribution < -0.4 is 10.5 Å². The lowest BCUT2D eigenvalue weighted by molar-refractivity contribution is 0.330. The molecule has 6 nitrogen and oxygen atoms in total. The Balaban J connectivity index is 1.43. The molecule has 1 fully saturated rings. The summed E-state index contributed by atoms with van der Waals surface area (Å²) in [6.07, 6.45) is 4.52. The quantitative estimate of drug-likeness (QED) is 0.845. The molecule has 0 radical (unpaired) electrons. The van der Waals surface area contributed by atoms with Gasteiger partial charge in [0.05, 0.1) is 24.1 Å². The van der Waals surface area contributed by atoms with E-state index in [0.717, 1.165) is 53.8 Å². The Bertz CT molecular complexity index is 784. The smallest absolute Gasteiger partial charge is 0.267 e. The fourth-order valence-corrected chi connectivity index (χ4v) is 4.05. The first-order valence-corrected chi connectivity index (χ1v) is 9.06. The molecule has 0 saturated carbocycles. The summed E-state index contributed by atoms with van der Waals surface area (Å²) in [6, 6.07) is 1.77. The molecule has 0 N–H and O–H groups in total. The molecule has 0 spiro atoms. The molecular weight excluding hydrogens is 310 g/mol. The molecule has 0 atom stereocenters. The molecule has 7 heteroatoms. The zero-order chi connectivity index (χ0) is 15.8. The second kappa shape index (κ2) is 5.96. The van der Waals surface area contributed by atoms with Gasteiger partial charge >= 0.3 is 0 Å². The predicted molar refractivity (Wildman–Crippen MR) is 90.8 cm³/mol. The Kier molecular flexibility index (Phi) is 3.80. The van der Waals surface area contributed by atoms with Crippen LogP contribution in [0.1, 0.15) is 17.0 Å². The van der Waals surface area contributed by atoms with Gasteiger partial charge in [0, 0.05) is 43.4 Å². The topological polar surface area (TPSA) is 63.9 Å². The molecule has 2 aliphatic heterocycles. The molecule has 2 aromatic heterocycles. The van der Waals surface area contributed by atoms with Crippen LogP contribution in [0.4, 0.5) is 5.82 Å². The van der Waals surface area contributed by atoms with Crippen molar-refractivity contribution in [2.45, 2.75) is 25.6 Å². The third kappa shape index (κ3) is 2.97. The van der Waals surface area contributed by atoms with Crippen LogP contribution in [0.15, 0.2) is 23.3 Å². The standard InChI is InChI=1S/C16H19N5OS/c1-11-5-17-6-15(18-11)20-7-12(8-20)9-21-16(22)4-13-10-23-3-2-14(13)19-21/h4-6,12H,2-3,7-10H2,1H3. The average molecular weight is 329 g/mol. The predicted octanol–water partition coefficient (Wildman–Crippen LogP) is 1.27. The van der Waals surface area contributed by atoms with Crippen LogP contribution in [-0.2, 0) is 18.7 Å². The van der Waals surface area contributed by atoms with Crippen LogP contribution in [0, 0.1) is 12.8 Å². The second-order valence-electron chi connectivity index (χ2n) is 6.23. The fraction of sp³-hybridized carbons (Fsp3) is 0.500. The summed E-state index contributed by atoms with van der Waals surface area (Å²) in [5.41, 5.74) is 3.17. The van der Waals surface area contributed by atoms with E-state index >= 15 is 0 Å². The fourth-order valence-electron chi connectivity index (χ4n) is 3.10. The van der Waals surface area contributed by atoms with Gasteiger partial charge in [0.15, 0.2) is 0 Å². The minimum atomic E-state index is 0.0278. The van der Waals surface area contributed by atoms with E-state index < -0.39 is 0 Å².